The summed E-state index contributed by atoms with van der Waals surface area (Å²) in [4.78, 5) is 5.00. The van der Waals surface area contributed by atoms with Gasteiger partial charge < -0.3 is 10.3 Å². The number of rotatable bonds is 3. The van der Waals surface area contributed by atoms with Gasteiger partial charge in [-0.1, -0.05) is 53.9 Å². The van der Waals surface area contributed by atoms with Gasteiger partial charge in [0.25, 0.3) is 0 Å². The van der Waals surface area contributed by atoms with Crippen molar-refractivity contribution >= 4 is 5.82 Å². The van der Waals surface area contributed by atoms with E-state index in [9.17, 15) is 0 Å². The lowest BCUT2D eigenvalue weighted by molar-refractivity contribution is 0.436. The first-order valence-electron chi connectivity index (χ1n) is 8.17. The van der Waals surface area contributed by atoms with Gasteiger partial charge in [0, 0.05) is 17.9 Å². The molecule has 114 valence electrons. The van der Waals surface area contributed by atoms with Crippen molar-refractivity contribution in [2.45, 2.75) is 84.6 Å². The second-order valence-corrected chi connectivity index (χ2v) is 7.80. The summed E-state index contributed by atoms with van der Waals surface area (Å²) in [5.74, 6) is 3.25. The third kappa shape index (κ3) is 3.18. The number of nitrogens with two attached hydrogens (primary N) is 1. The molecule has 20 heavy (non-hydrogen) atoms. The second-order valence-electron chi connectivity index (χ2n) is 7.80. The fraction of sp³-hybridized carbons (Fsp3) is 0.824. The molecule has 1 aliphatic rings. The molecule has 1 heterocycles. The lowest BCUT2D eigenvalue weighted by atomic mass is 9.87. The highest BCUT2D eigenvalue weighted by Gasteiger charge is 2.29. The first kappa shape index (κ1) is 15.4. The number of imidazole rings is 1. The van der Waals surface area contributed by atoms with Crippen LogP contribution in [0.1, 0.15) is 84.2 Å². The molecule has 2 N–H and O–H groups in total. The summed E-state index contributed by atoms with van der Waals surface area (Å²) in [7, 11) is 0. The van der Waals surface area contributed by atoms with E-state index in [0.29, 0.717) is 11.8 Å². The maximum absolute atomic E-state index is 6.48. The van der Waals surface area contributed by atoms with Gasteiger partial charge in [0.05, 0.1) is 5.69 Å². The molecule has 1 saturated carbocycles. The standard InChI is InChI=1S/C17H31N3/c1-12(2)11-20-15(18)14(13-9-7-6-8-10-13)19-16(20)17(3,4)5/h12-13H,6-11,18H2,1-5H3. The molecule has 1 fully saturated rings. The number of aromatic nitrogens is 2. The average Bonchev–Trinajstić information content (AvgIpc) is 2.67. The van der Waals surface area contributed by atoms with E-state index in [2.05, 4.69) is 39.2 Å². The molecule has 0 aliphatic heterocycles. The maximum atomic E-state index is 6.48. The van der Waals surface area contributed by atoms with Crippen molar-refractivity contribution in [1.29, 1.82) is 0 Å². The molecule has 0 unspecified atom stereocenters. The Kier molecular flexibility index (Phi) is 4.46. The number of nitrogens with zero attached hydrogens (tertiary/aromatic N) is 2. The van der Waals surface area contributed by atoms with E-state index >= 15 is 0 Å². The van der Waals surface area contributed by atoms with Crippen LogP contribution in [0.25, 0.3) is 0 Å². The van der Waals surface area contributed by atoms with Crippen LogP contribution in [0.5, 0.6) is 0 Å². The molecule has 0 amide bonds. The van der Waals surface area contributed by atoms with Gasteiger partial charge in [-0.15, -0.1) is 0 Å². The third-order valence-electron chi connectivity index (χ3n) is 4.25. The van der Waals surface area contributed by atoms with Gasteiger partial charge >= 0.3 is 0 Å². The highest BCUT2D eigenvalue weighted by Crippen LogP contribution is 2.37. The number of nitrogen functional groups attached to an aromatic ring is 1. The zero-order valence-corrected chi connectivity index (χ0v) is 13.9. The minimum absolute atomic E-state index is 0.0515. The Morgan fingerprint density at radius 1 is 1.20 bits per heavy atom. The van der Waals surface area contributed by atoms with E-state index in [0.717, 1.165) is 18.2 Å². The molecular weight excluding hydrogens is 246 g/mol. The minimum Gasteiger partial charge on any atom is -0.384 e. The Labute approximate surface area is 124 Å². The lowest BCUT2D eigenvalue weighted by Crippen LogP contribution is -2.21. The molecule has 0 bridgehead atoms. The van der Waals surface area contributed by atoms with Crippen molar-refractivity contribution in [3.63, 3.8) is 0 Å². The van der Waals surface area contributed by atoms with Gasteiger partial charge in [0.1, 0.15) is 11.6 Å². The fourth-order valence-electron chi connectivity index (χ4n) is 3.28. The Hall–Kier alpha value is -0.990. The van der Waals surface area contributed by atoms with Gasteiger partial charge in [-0.3, -0.25) is 0 Å². The molecule has 3 heteroatoms. The van der Waals surface area contributed by atoms with Gasteiger partial charge in [0.15, 0.2) is 0 Å². The molecule has 0 atom stereocenters. The van der Waals surface area contributed by atoms with Gasteiger partial charge in [-0.2, -0.15) is 0 Å². The molecular formula is C17H31N3. The van der Waals surface area contributed by atoms with Gasteiger partial charge in [-0.25, -0.2) is 4.98 Å². The van der Waals surface area contributed by atoms with Crippen LogP contribution in [-0.2, 0) is 12.0 Å². The molecule has 3 nitrogen and oxygen atoms in total. The molecule has 0 spiro atoms. The van der Waals surface area contributed by atoms with Crippen LogP contribution >= 0.6 is 0 Å². The zero-order valence-electron chi connectivity index (χ0n) is 13.9. The topological polar surface area (TPSA) is 43.8 Å². The average molecular weight is 277 g/mol. The Bertz CT molecular complexity index is 446. The summed E-state index contributed by atoms with van der Waals surface area (Å²) >= 11 is 0. The number of anilines is 1. The predicted molar refractivity (Wildman–Crippen MR) is 86.0 cm³/mol. The molecule has 1 aromatic rings. The lowest BCUT2D eigenvalue weighted by Gasteiger charge is -2.21. The highest BCUT2D eigenvalue weighted by molar-refractivity contribution is 5.42. The van der Waals surface area contributed by atoms with Crippen LogP contribution in [0.15, 0.2) is 0 Å². The molecule has 0 radical (unpaired) electrons. The second kappa shape index (κ2) is 5.79. The van der Waals surface area contributed by atoms with Gasteiger partial charge in [-0.05, 0) is 18.8 Å². The largest absolute Gasteiger partial charge is 0.384 e. The van der Waals surface area contributed by atoms with Crippen LogP contribution in [0.4, 0.5) is 5.82 Å². The highest BCUT2D eigenvalue weighted by atomic mass is 15.2. The minimum atomic E-state index is 0.0515. The van der Waals surface area contributed by atoms with E-state index in [1.165, 1.54) is 37.8 Å². The molecule has 1 aromatic heterocycles. The maximum Gasteiger partial charge on any atom is 0.127 e. The number of hydrogen-bond acceptors (Lipinski definition) is 2. The van der Waals surface area contributed by atoms with Crippen molar-refractivity contribution in [3.8, 4) is 0 Å². The predicted octanol–water partition coefficient (Wildman–Crippen LogP) is 4.47. The van der Waals surface area contributed by atoms with Crippen LogP contribution < -0.4 is 5.73 Å². The molecule has 2 rings (SSSR count). The summed E-state index contributed by atoms with van der Waals surface area (Å²) in [6.45, 7) is 12.2. The normalized spacial score (nSPS) is 17.9. The number of hydrogen-bond donors (Lipinski definition) is 1. The van der Waals surface area contributed by atoms with E-state index in [1.807, 2.05) is 0 Å². The van der Waals surface area contributed by atoms with Gasteiger partial charge in [0.2, 0.25) is 0 Å². The fourth-order valence-corrected chi connectivity index (χ4v) is 3.28. The Morgan fingerprint density at radius 2 is 1.80 bits per heavy atom. The SMILES string of the molecule is CC(C)Cn1c(C(C)(C)C)nc(C2CCCCC2)c1N. The van der Waals surface area contributed by atoms with Crippen LogP contribution in [0.2, 0.25) is 0 Å². The van der Waals surface area contributed by atoms with Crippen LogP contribution in [0.3, 0.4) is 0 Å². The first-order chi connectivity index (χ1) is 9.30. The Balaban J connectivity index is 2.40. The summed E-state index contributed by atoms with van der Waals surface area (Å²) < 4.78 is 2.27. The quantitative estimate of drug-likeness (QED) is 0.886. The van der Waals surface area contributed by atoms with Crippen molar-refractivity contribution in [1.82, 2.24) is 9.55 Å². The summed E-state index contributed by atoms with van der Waals surface area (Å²) in [5, 5.41) is 0. The molecule has 1 aliphatic carbocycles. The van der Waals surface area contributed by atoms with E-state index in [-0.39, 0.29) is 5.41 Å². The third-order valence-corrected chi connectivity index (χ3v) is 4.25. The first-order valence-corrected chi connectivity index (χ1v) is 8.17. The van der Waals surface area contributed by atoms with Crippen LogP contribution in [-0.4, -0.2) is 9.55 Å². The Morgan fingerprint density at radius 3 is 2.30 bits per heavy atom. The summed E-state index contributed by atoms with van der Waals surface area (Å²) in [6, 6.07) is 0. The van der Waals surface area contributed by atoms with Crippen molar-refractivity contribution in [2.75, 3.05) is 5.73 Å². The van der Waals surface area contributed by atoms with E-state index in [4.69, 9.17) is 10.7 Å². The smallest absolute Gasteiger partial charge is 0.127 e. The van der Waals surface area contributed by atoms with Crippen molar-refractivity contribution in [3.05, 3.63) is 11.5 Å². The zero-order chi connectivity index (χ0) is 14.9. The molecule has 0 saturated heterocycles. The van der Waals surface area contributed by atoms with Crippen molar-refractivity contribution in [2.24, 2.45) is 5.92 Å². The summed E-state index contributed by atoms with van der Waals surface area (Å²) in [5.41, 5.74) is 7.71. The van der Waals surface area contributed by atoms with E-state index in [1.54, 1.807) is 0 Å². The van der Waals surface area contributed by atoms with E-state index < -0.39 is 0 Å². The molecule has 0 aromatic carbocycles. The van der Waals surface area contributed by atoms with Crippen LogP contribution in [0, 0.1) is 5.92 Å². The van der Waals surface area contributed by atoms with Crippen molar-refractivity contribution < 1.29 is 0 Å². The summed E-state index contributed by atoms with van der Waals surface area (Å²) in [6.07, 6.45) is 6.53. The monoisotopic (exact) mass is 277 g/mol.